The minimum atomic E-state index is 0.352. The van der Waals surface area contributed by atoms with Gasteiger partial charge in [0, 0.05) is 6.54 Å². The zero-order chi connectivity index (χ0) is 12.1. The van der Waals surface area contributed by atoms with Gasteiger partial charge in [0.05, 0.1) is 24.3 Å². The Morgan fingerprint density at radius 1 is 1.47 bits per heavy atom. The summed E-state index contributed by atoms with van der Waals surface area (Å²) in [6.07, 6.45) is 2.71. The largest absolute Gasteiger partial charge is 0.496 e. The molecule has 1 atom stereocenters. The van der Waals surface area contributed by atoms with E-state index in [1.54, 1.807) is 7.11 Å². The number of ether oxygens (including phenoxy) is 2. The first-order chi connectivity index (χ1) is 8.29. The molecule has 2 rings (SSSR count). The monoisotopic (exact) mass is 299 g/mol. The standard InChI is InChI=1S/C13H18BrNO2/c1-16-13-5-4-10(7-12(13)14)9-17-11-3-2-6-15-8-11/h4-5,7,11,15H,2-3,6,8-9H2,1H3. The average molecular weight is 300 g/mol. The summed E-state index contributed by atoms with van der Waals surface area (Å²) in [5.74, 6) is 0.855. The summed E-state index contributed by atoms with van der Waals surface area (Å²) >= 11 is 3.48. The minimum Gasteiger partial charge on any atom is -0.496 e. The van der Waals surface area contributed by atoms with Crippen LogP contribution in [0.15, 0.2) is 22.7 Å². The van der Waals surface area contributed by atoms with Gasteiger partial charge >= 0.3 is 0 Å². The highest BCUT2D eigenvalue weighted by atomic mass is 79.9. The van der Waals surface area contributed by atoms with Crippen molar-refractivity contribution in [1.29, 1.82) is 0 Å². The van der Waals surface area contributed by atoms with Crippen LogP contribution in [-0.4, -0.2) is 26.3 Å². The maximum atomic E-state index is 5.87. The molecule has 1 N–H and O–H groups in total. The van der Waals surface area contributed by atoms with Crippen LogP contribution in [0.1, 0.15) is 18.4 Å². The molecule has 0 saturated carbocycles. The van der Waals surface area contributed by atoms with Gasteiger partial charge < -0.3 is 14.8 Å². The van der Waals surface area contributed by atoms with Crippen molar-refractivity contribution >= 4 is 15.9 Å². The molecule has 0 amide bonds. The first-order valence-electron chi connectivity index (χ1n) is 5.94. The van der Waals surface area contributed by atoms with E-state index in [2.05, 4.69) is 27.3 Å². The van der Waals surface area contributed by atoms with Crippen LogP contribution in [0.3, 0.4) is 0 Å². The molecule has 1 aromatic rings. The molecule has 0 bridgehead atoms. The third-order valence-electron chi connectivity index (χ3n) is 2.95. The van der Waals surface area contributed by atoms with Gasteiger partial charge in [-0.05, 0) is 53.0 Å². The highest BCUT2D eigenvalue weighted by Gasteiger charge is 2.13. The topological polar surface area (TPSA) is 30.5 Å². The van der Waals surface area contributed by atoms with E-state index in [4.69, 9.17) is 9.47 Å². The van der Waals surface area contributed by atoms with Crippen molar-refractivity contribution in [3.8, 4) is 5.75 Å². The van der Waals surface area contributed by atoms with Gasteiger partial charge in [-0.1, -0.05) is 6.07 Å². The fourth-order valence-electron chi connectivity index (χ4n) is 1.98. The van der Waals surface area contributed by atoms with Crippen LogP contribution in [0.25, 0.3) is 0 Å². The zero-order valence-electron chi connectivity index (χ0n) is 10.0. The highest BCUT2D eigenvalue weighted by molar-refractivity contribution is 9.10. The Balaban J connectivity index is 1.87. The predicted molar refractivity (Wildman–Crippen MR) is 71.4 cm³/mol. The average Bonchev–Trinajstić information content (AvgIpc) is 2.38. The lowest BCUT2D eigenvalue weighted by Crippen LogP contribution is -2.35. The normalized spacial score (nSPS) is 20.2. The summed E-state index contributed by atoms with van der Waals surface area (Å²) in [6.45, 7) is 2.75. The highest BCUT2D eigenvalue weighted by Crippen LogP contribution is 2.26. The van der Waals surface area contributed by atoms with Gasteiger partial charge in [-0.2, -0.15) is 0 Å². The van der Waals surface area contributed by atoms with Crippen LogP contribution >= 0.6 is 15.9 Å². The van der Waals surface area contributed by atoms with Crippen LogP contribution in [-0.2, 0) is 11.3 Å². The van der Waals surface area contributed by atoms with Gasteiger partial charge in [-0.3, -0.25) is 0 Å². The van der Waals surface area contributed by atoms with E-state index in [1.807, 2.05) is 12.1 Å². The molecule has 1 aliphatic heterocycles. The van der Waals surface area contributed by atoms with Crippen LogP contribution < -0.4 is 10.1 Å². The molecular formula is C13H18BrNO2. The molecule has 0 radical (unpaired) electrons. The Bertz CT molecular complexity index is 364. The summed E-state index contributed by atoms with van der Waals surface area (Å²) in [5, 5.41) is 3.35. The van der Waals surface area contributed by atoms with Gasteiger partial charge in [0.25, 0.3) is 0 Å². The molecule has 1 heterocycles. The zero-order valence-corrected chi connectivity index (χ0v) is 11.6. The van der Waals surface area contributed by atoms with Crippen LogP contribution in [0.5, 0.6) is 5.75 Å². The summed E-state index contributed by atoms with van der Waals surface area (Å²) in [7, 11) is 1.67. The second-order valence-electron chi connectivity index (χ2n) is 4.25. The van der Waals surface area contributed by atoms with E-state index >= 15 is 0 Å². The molecule has 17 heavy (non-hydrogen) atoms. The van der Waals surface area contributed by atoms with Gasteiger partial charge in [-0.15, -0.1) is 0 Å². The van der Waals surface area contributed by atoms with Crippen LogP contribution in [0, 0.1) is 0 Å². The molecule has 1 saturated heterocycles. The van der Waals surface area contributed by atoms with Crippen LogP contribution in [0.4, 0.5) is 0 Å². The smallest absolute Gasteiger partial charge is 0.133 e. The predicted octanol–water partition coefficient (Wildman–Crippen LogP) is 2.73. The lowest BCUT2D eigenvalue weighted by molar-refractivity contribution is 0.0252. The summed E-state index contributed by atoms with van der Waals surface area (Å²) in [6, 6.07) is 6.05. The van der Waals surface area contributed by atoms with Crippen molar-refractivity contribution < 1.29 is 9.47 Å². The number of benzene rings is 1. The number of rotatable bonds is 4. The Hall–Kier alpha value is -0.580. The lowest BCUT2D eigenvalue weighted by Gasteiger charge is -2.23. The van der Waals surface area contributed by atoms with Crippen molar-refractivity contribution in [2.24, 2.45) is 0 Å². The summed E-state index contributed by atoms with van der Waals surface area (Å²) in [5.41, 5.74) is 1.17. The van der Waals surface area contributed by atoms with Crippen molar-refractivity contribution in [1.82, 2.24) is 5.32 Å². The number of piperidine rings is 1. The molecule has 1 aliphatic rings. The van der Waals surface area contributed by atoms with Crippen molar-refractivity contribution in [2.75, 3.05) is 20.2 Å². The second kappa shape index (κ2) is 6.38. The van der Waals surface area contributed by atoms with Gasteiger partial charge in [0.2, 0.25) is 0 Å². The number of nitrogens with one attached hydrogen (secondary N) is 1. The molecule has 0 aromatic heterocycles. The van der Waals surface area contributed by atoms with Crippen molar-refractivity contribution in [2.45, 2.75) is 25.6 Å². The van der Waals surface area contributed by atoms with E-state index in [0.717, 1.165) is 29.7 Å². The molecule has 0 spiro atoms. The fourth-order valence-corrected chi connectivity index (χ4v) is 2.56. The van der Waals surface area contributed by atoms with Gasteiger partial charge in [-0.25, -0.2) is 0 Å². The summed E-state index contributed by atoms with van der Waals surface area (Å²) in [4.78, 5) is 0. The fraction of sp³-hybridized carbons (Fsp3) is 0.538. The maximum Gasteiger partial charge on any atom is 0.133 e. The number of hydrogen-bond acceptors (Lipinski definition) is 3. The van der Waals surface area contributed by atoms with Gasteiger partial charge in [0.1, 0.15) is 5.75 Å². The van der Waals surface area contributed by atoms with E-state index in [1.165, 1.54) is 12.0 Å². The molecule has 3 nitrogen and oxygen atoms in total. The molecule has 1 unspecified atom stereocenters. The molecule has 4 heteroatoms. The number of methoxy groups -OCH3 is 1. The summed E-state index contributed by atoms with van der Waals surface area (Å²) < 4.78 is 12.0. The third-order valence-corrected chi connectivity index (χ3v) is 3.57. The van der Waals surface area contributed by atoms with E-state index in [-0.39, 0.29) is 0 Å². The van der Waals surface area contributed by atoms with E-state index in [9.17, 15) is 0 Å². The molecule has 0 aliphatic carbocycles. The van der Waals surface area contributed by atoms with Gasteiger partial charge in [0.15, 0.2) is 0 Å². The Kier molecular flexibility index (Phi) is 4.83. The Labute approximate surface area is 111 Å². The Morgan fingerprint density at radius 3 is 3.00 bits per heavy atom. The van der Waals surface area contributed by atoms with Crippen LogP contribution in [0.2, 0.25) is 0 Å². The number of hydrogen-bond donors (Lipinski definition) is 1. The maximum absolute atomic E-state index is 5.87. The SMILES string of the molecule is COc1ccc(COC2CCCNC2)cc1Br. The molecule has 1 fully saturated rings. The van der Waals surface area contributed by atoms with E-state index in [0.29, 0.717) is 12.7 Å². The molecule has 1 aromatic carbocycles. The lowest BCUT2D eigenvalue weighted by atomic mass is 10.1. The quantitative estimate of drug-likeness (QED) is 0.927. The third kappa shape index (κ3) is 3.69. The minimum absolute atomic E-state index is 0.352. The first-order valence-corrected chi connectivity index (χ1v) is 6.73. The Morgan fingerprint density at radius 2 is 2.35 bits per heavy atom. The number of halogens is 1. The van der Waals surface area contributed by atoms with Crippen molar-refractivity contribution in [3.63, 3.8) is 0 Å². The molecular weight excluding hydrogens is 282 g/mol. The second-order valence-corrected chi connectivity index (χ2v) is 5.10. The molecule has 94 valence electrons. The van der Waals surface area contributed by atoms with E-state index < -0.39 is 0 Å². The first kappa shape index (κ1) is 12.9. The van der Waals surface area contributed by atoms with Crippen molar-refractivity contribution in [3.05, 3.63) is 28.2 Å².